The molecule has 0 amide bonds. The first-order valence-electron chi connectivity index (χ1n) is 7.23. The van der Waals surface area contributed by atoms with Crippen molar-refractivity contribution in [2.45, 2.75) is 42.4 Å². The highest BCUT2D eigenvalue weighted by molar-refractivity contribution is 7.91. The van der Waals surface area contributed by atoms with E-state index in [1.807, 2.05) is 12.1 Å². The minimum absolute atomic E-state index is 0.280. The summed E-state index contributed by atoms with van der Waals surface area (Å²) in [5.41, 5.74) is 7.23. The van der Waals surface area contributed by atoms with Crippen molar-refractivity contribution >= 4 is 15.5 Å². The van der Waals surface area contributed by atoms with E-state index in [1.165, 1.54) is 0 Å². The van der Waals surface area contributed by atoms with Crippen LogP contribution in [-0.4, -0.2) is 8.42 Å². The molecule has 0 radical (unpaired) electrons. The van der Waals surface area contributed by atoms with Crippen LogP contribution >= 0.6 is 0 Å². The fraction of sp³-hybridized carbons (Fsp3) is 0.294. The third-order valence-corrected chi connectivity index (χ3v) is 5.24. The predicted molar refractivity (Wildman–Crippen MR) is 86.0 cm³/mol. The number of hydrogen-bond donors (Lipinski definition) is 1. The summed E-state index contributed by atoms with van der Waals surface area (Å²) in [5, 5.41) is 0. The molecule has 2 rings (SSSR count). The molecule has 0 aromatic heterocycles. The monoisotopic (exact) mass is 303 g/mol. The summed E-state index contributed by atoms with van der Waals surface area (Å²) in [5.74, 6) is 0. The van der Waals surface area contributed by atoms with Crippen molar-refractivity contribution in [3.05, 3.63) is 54.1 Å². The van der Waals surface area contributed by atoms with E-state index in [4.69, 9.17) is 5.73 Å². The Morgan fingerprint density at radius 1 is 0.952 bits per heavy atom. The van der Waals surface area contributed by atoms with Crippen LogP contribution in [0.1, 0.15) is 31.7 Å². The number of rotatable bonds is 6. The van der Waals surface area contributed by atoms with Gasteiger partial charge in [0.1, 0.15) is 0 Å². The molecule has 21 heavy (non-hydrogen) atoms. The number of unbranched alkanes of at least 4 members (excludes halogenated alkanes) is 2. The van der Waals surface area contributed by atoms with Gasteiger partial charge in [-0.1, -0.05) is 31.9 Å². The van der Waals surface area contributed by atoms with Crippen LogP contribution in [0.25, 0.3) is 0 Å². The van der Waals surface area contributed by atoms with Gasteiger partial charge in [0, 0.05) is 5.69 Å². The average Bonchev–Trinajstić information content (AvgIpc) is 2.48. The van der Waals surface area contributed by atoms with Gasteiger partial charge in [-0.25, -0.2) is 8.42 Å². The molecule has 0 saturated heterocycles. The molecule has 0 aliphatic rings. The Morgan fingerprint density at radius 2 is 1.67 bits per heavy atom. The molecule has 0 heterocycles. The lowest BCUT2D eigenvalue weighted by Gasteiger charge is -2.07. The van der Waals surface area contributed by atoms with Crippen molar-refractivity contribution in [1.82, 2.24) is 0 Å². The summed E-state index contributed by atoms with van der Waals surface area (Å²) in [7, 11) is -3.46. The number of nitrogens with two attached hydrogens (primary N) is 1. The highest BCUT2D eigenvalue weighted by Crippen LogP contribution is 2.23. The Bertz CT molecular complexity index is 691. The molecule has 0 aliphatic carbocycles. The molecule has 0 saturated carbocycles. The van der Waals surface area contributed by atoms with Crippen LogP contribution in [0.15, 0.2) is 58.3 Å². The third-order valence-electron chi connectivity index (χ3n) is 3.47. The molecule has 0 spiro atoms. The molecule has 2 N–H and O–H groups in total. The lowest BCUT2D eigenvalue weighted by molar-refractivity contribution is 0.596. The van der Waals surface area contributed by atoms with Crippen LogP contribution in [0.3, 0.4) is 0 Å². The summed E-state index contributed by atoms with van der Waals surface area (Å²) in [6, 6.07) is 13.5. The highest BCUT2D eigenvalue weighted by Gasteiger charge is 2.17. The lowest BCUT2D eigenvalue weighted by Crippen LogP contribution is -2.03. The molecule has 0 aliphatic heterocycles. The zero-order valence-corrected chi connectivity index (χ0v) is 13.1. The number of hydrogen-bond acceptors (Lipinski definition) is 3. The minimum Gasteiger partial charge on any atom is -0.399 e. The second kappa shape index (κ2) is 6.76. The van der Waals surface area contributed by atoms with Crippen LogP contribution in [0.5, 0.6) is 0 Å². The number of benzene rings is 2. The largest absolute Gasteiger partial charge is 0.399 e. The van der Waals surface area contributed by atoms with Gasteiger partial charge in [0.05, 0.1) is 9.79 Å². The standard InChI is InChI=1S/C17H21NO2S/c1-2-3-4-6-14-7-5-8-17(13-14)21(19,20)16-11-9-15(18)10-12-16/h5,7-13H,2-4,6,18H2,1H3. The summed E-state index contributed by atoms with van der Waals surface area (Å²) in [4.78, 5) is 0.628. The van der Waals surface area contributed by atoms with E-state index >= 15 is 0 Å². The molecule has 112 valence electrons. The van der Waals surface area contributed by atoms with Crippen molar-refractivity contribution < 1.29 is 8.42 Å². The number of aryl methyl sites for hydroxylation is 1. The van der Waals surface area contributed by atoms with E-state index < -0.39 is 9.84 Å². The van der Waals surface area contributed by atoms with Gasteiger partial charge in [-0.2, -0.15) is 0 Å². The normalized spacial score (nSPS) is 11.5. The van der Waals surface area contributed by atoms with Crippen molar-refractivity contribution in [1.29, 1.82) is 0 Å². The van der Waals surface area contributed by atoms with Crippen LogP contribution < -0.4 is 5.73 Å². The smallest absolute Gasteiger partial charge is 0.206 e. The van der Waals surface area contributed by atoms with Crippen molar-refractivity contribution in [3.8, 4) is 0 Å². The molecular formula is C17H21NO2S. The summed E-state index contributed by atoms with van der Waals surface area (Å²) >= 11 is 0. The zero-order valence-electron chi connectivity index (χ0n) is 12.2. The quantitative estimate of drug-likeness (QED) is 0.651. The number of anilines is 1. The lowest BCUT2D eigenvalue weighted by atomic mass is 10.1. The maximum Gasteiger partial charge on any atom is 0.206 e. The van der Waals surface area contributed by atoms with Gasteiger partial charge in [0.25, 0.3) is 0 Å². The topological polar surface area (TPSA) is 60.2 Å². The Balaban J connectivity index is 2.27. The first kappa shape index (κ1) is 15.6. The SMILES string of the molecule is CCCCCc1cccc(S(=O)(=O)c2ccc(N)cc2)c1. The van der Waals surface area contributed by atoms with E-state index in [-0.39, 0.29) is 4.90 Å². The number of sulfone groups is 1. The predicted octanol–water partition coefficient (Wildman–Crippen LogP) is 3.83. The molecule has 0 fully saturated rings. The Hall–Kier alpha value is -1.81. The third kappa shape index (κ3) is 3.85. The van der Waals surface area contributed by atoms with Crippen molar-refractivity contribution in [3.63, 3.8) is 0 Å². The van der Waals surface area contributed by atoms with E-state index in [0.717, 1.165) is 31.2 Å². The minimum atomic E-state index is -3.46. The van der Waals surface area contributed by atoms with E-state index in [1.54, 1.807) is 36.4 Å². The summed E-state index contributed by atoms with van der Waals surface area (Å²) < 4.78 is 25.2. The van der Waals surface area contributed by atoms with Gasteiger partial charge in [-0.3, -0.25) is 0 Å². The second-order valence-electron chi connectivity index (χ2n) is 5.18. The highest BCUT2D eigenvalue weighted by atomic mass is 32.2. The van der Waals surface area contributed by atoms with Crippen molar-refractivity contribution in [2.75, 3.05) is 5.73 Å². The first-order chi connectivity index (χ1) is 10.0. The average molecular weight is 303 g/mol. The number of nitrogen functional groups attached to an aromatic ring is 1. The fourth-order valence-corrected chi connectivity index (χ4v) is 3.56. The fourth-order valence-electron chi connectivity index (χ4n) is 2.23. The van der Waals surface area contributed by atoms with E-state index in [2.05, 4.69) is 6.92 Å². The van der Waals surface area contributed by atoms with Crippen molar-refractivity contribution in [2.24, 2.45) is 0 Å². The Kier molecular flexibility index (Phi) is 5.02. The Labute approximate surface area is 126 Å². The van der Waals surface area contributed by atoms with Crippen LogP contribution in [0.4, 0.5) is 5.69 Å². The molecule has 2 aromatic rings. The van der Waals surface area contributed by atoms with Gasteiger partial charge in [0.15, 0.2) is 0 Å². The molecule has 0 bridgehead atoms. The van der Waals surface area contributed by atoms with Crippen LogP contribution in [0, 0.1) is 0 Å². The van der Waals surface area contributed by atoms with Crippen LogP contribution in [-0.2, 0) is 16.3 Å². The maximum atomic E-state index is 12.6. The van der Waals surface area contributed by atoms with E-state index in [9.17, 15) is 8.42 Å². The van der Waals surface area contributed by atoms with E-state index in [0.29, 0.717) is 10.6 Å². The zero-order chi connectivity index (χ0) is 15.3. The molecule has 2 aromatic carbocycles. The molecule has 0 unspecified atom stereocenters. The van der Waals surface area contributed by atoms with Gasteiger partial charge >= 0.3 is 0 Å². The van der Waals surface area contributed by atoms with Gasteiger partial charge in [-0.05, 0) is 54.8 Å². The maximum absolute atomic E-state index is 12.6. The summed E-state index contributed by atoms with van der Waals surface area (Å²) in [6.45, 7) is 2.15. The second-order valence-corrected chi connectivity index (χ2v) is 7.13. The molecular weight excluding hydrogens is 282 g/mol. The molecule has 4 heteroatoms. The first-order valence-corrected chi connectivity index (χ1v) is 8.72. The van der Waals surface area contributed by atoms with Gasteiger partial charge in [-0.15, -0.1) is 0 Å². The molecule has 0 atom stereocenters. The molecule has 3 nitrogen and oxygen atoms in total. The van der Waals surface area contributed by atoms with Gasteiger partial charge < -0.3 is 5.73 Å². The van der Waals surface area contributed by atoms with Crippen LogP contribution in [0.2, 0.25) is 0 Å². The van der Waals surface area contributed by atoms with Gasteiger partial charge in [0.2, 0.25) is 9.84 Å². The summed E-state index contributed by atoms with van der Waals surface area (Å²) in [6.07, 6.45) is 4.32. The Morgan fingerprint density at radius 3 is 2.33 bits per heavy atom.